The van der Waals surface area contributed by atoms with Crippen molar-refractivity contribution in [1.82, 2.24) is 25.2 Å². The van der Waals surface area contributed by atoms with Crippen molar-refractivity contribution in [1.29, 1.82) is 0 Å². The molecule has 2 aromatic heterocycles. The summed E-state index contributed by atoms with van der Waals surface area (Å²) in [5.41, 5.74) is 3.34. The molecule has 1 amide bonds. The largest absolute Gasteiger partial charge is 0.457 e. The lowest BCUT2D eigenvalue weighted by Gasteiger charge is -2.10. The maximum atomic E-state index is 12.8. The molecule has 1 saturated carbocycles. The first-order chi connectivity index (χ1) is 17.0. The number of benzene rings is 2. The Bertz CT molecular complexity index is 1410. The maximum Gasteiger partial charge on any atom is 0.270 e. The molecule has 2 aromatic carbocycles. The zero-order chi connectivity index (χ0) is 24.0. The molecule has 178 valence electrons. The number of fused-ring (bicyclic) bond motifs is 1. The fourth-order valence-electron chi connectivity index (χ4n) is 4.77. The molecule has 2 atom stereocenters. The first-order valence-electron chi connectivity index (χ1n) is 11.6. The quantitative estimate of drug-likeness (QED) is 0.332. The van der Waals surface area contributed by atoms with Crippen LogP contribution >= 0.6 is 15.9 Å². The molecule has 2 fully saturated rings. The summed E-state index contributed by atoms with van der Waals surface area (Å²) in [6.45, 7) is 2.00. The Kier molecular flexibility index (Phi) is 5.46. The van der Waals surface area contributed by atoms with E-state index in [0.717, 1.165) is 53.1 Å². The number of halogens is 1. The van der Waals surface area contributed by atoms with Crippen LogP contribution in [0, 0.1) is 5.41 Å². The van der Waals surface area contributed by atoms with Crippen LogP contribution in [0.2, 0.25) is 0 Å². The molecule has 3 N–H and O–H groups in total. The summed E-state index contributed by atoms with van der Waals surface area (Å²) >= 11 is 3.46. The second-order valence-corrected chi connectivity index (χ2v) is 10.2. The first-order valence-corrected chi connectivity index (χ1v) is 12.4. The predicted molar refractivity (Wildman–Crippen MR) is 138 cm³/mol. The average Bonchev–Trinajstić information content (AvgIpc) is 3.15. The van der Waals surface area contributed by atoms with Gasteiger partial charge in [-0.15, -0.1) is 0 Å². The molecule has 1 spiro atoms. The van der Waals surface area contributed by atoms with Gasteiger partial charge in [-0.2, -0.15) is 0 Å². The van der Waals surface area contributed by atoms with Gasteiger partial charge in [0.2, 0.25) is 5.95 Å². The molecule has 0 bridgehead atoms. The molecule has 1 aliphatic heterocycles. The van der Waals surface area contributed by atoms with Crippen LogP contribution in [-0.4, -0.2) is 39.6 Å². The average molecular weight is 533 g/mol. The number of rotatable bonds is 6. The molecule has 2 aliphatic rings. The zero-order valence-electron chi connectivity index (χ0n) is 19.2. The summed E-state index contributed by atoms with van der Waals surface area (Å²) < 4.78 is 9.09. The third-order valence-electron chi connectivity index (χ3n) is 6.92. The highest BCUT2D eigenvalue weighted by Gasteiger charge is 2.56. The van der Waals surface area contributed by atoms with E-state index < -0.39 is 0 Å². The summed E-state index contributed by atoms with van der Waals surface area (Å²) in [6, 6.07) is 17.4. The van der Waals surface area contributed by atoms with Gasteiger partial charge in [0, 0.05) is 53.5 Å². The number of ether oxygens (including phenoxy) is 1. The van der Waals surface area contributed by atoms with Crippen LogP contribution in [-0.2, 0) is 7.05 Å². The Labute approximate surface area is 211 Å². The first kappa shape index (κ1) is 22.1. The van der Waals surface area contributed by atoms with Gasteiger partial charge in [0.15, 0.2) is 0 Å². The van der Waals surface area contributed by atoms with Crippen LogP contribution in [0.25, 0.3) is 11.0 Å². The second-order valence-electron chi connectivity index (χ2n) is 9.28. The van der Waals surface area contributed by atoms with Gasteiger partial charge in [-0.25, -0.2) is 4.98 Å². The number of carbonyl (C=O) groups excluding carboxylic acids is 1. The van der Waals surface area contributed by atoms with Gasteiger partial charge in [0.25, 0.3) is 5.91 Å². The van der Waals surface area contributed by atoms with Gasteiger partial charge in [0.1, 0.15) is 17.2 Å². The number of nitrogens with zero attached hydrogens (tertiary/aromatic N) is 3. The molecule has 0 radical (unpaired) electrons. The number of anilines is 2. The number of hydrogen-bond acceptors (Lipinski definition) is 6. The Morgan fingerprint density at radius 1 is 1.17 bits per heavy atom. The molecular formula is C26H25BrN6O2. The molecule has 6 rings (SSSR count). The fourth-order valence-corrected chi connectivity index (χ4v) is 5.04. The van der Waals surface area contributed by atoms with Crippen LogP contribution in [0.4, 0.5) is 11.6 Å². The normalized spacial score (nSPS) is 20.8. The lowest BCUT2D eigenvalue weighted by Crippen LogP contribution is -2.31. The van der Waals surface area contributed by atoms with Crippen molar-refractivity contribution in [2.45, 2.75) is 18.9 Å². The minimum absolute atomic E-state index is 0.159. The second kappa shape index (κ2) is 8.66. The predicted octanol–water partition coefficient (Wildman–Crippen LogP) is 4.75. The highest BCUT2D eigenvalue weighted by atomic mass is 79.9. The molecule has 35 heavy (non-hydrogen) atoms. The third-order valence-corrected chi connectivity index (χ3v) is 7.45. The monoisotopic (exact) mass is 532 g/mol. The van der Waals surface area contributed by atoms with Crippen LogP contribution in [0.15, 0.2) is 65.3 Å². The van der Waals surface area contributed by atoms with E-state index in [-0.39, 0.29) is 17.4 Å². The highest BCUT2D eigenvalue weighted by Crippen LogP contribution is 2.50. The molecular weight excluding hydrogens is 508 g/mol. The van der Waals surface area contributed by atoms with Crippen LogP contribution in [0.1, 0.15) is 23.3 Å². The summed E-state index contributed by atoms with van der Waals surface area (Å²) in [5, 5.41) is 9.87. The van der Waals surface area contributed by atoms with Gasteiger partial charge in [0.05, 0.1) is 11.0 Å². The lowest BCUT2D eigenvalue weighted by molar-refractivity contribution is 0.0940. The fraction of sp³-hybridized carbons (Fsp3) is 0.269. The van der Waals surface area contributed by atoms with Gasteiger partial charge in [-0.1, -0.05) is 15.9 Å². The number of aromatic nitrogens is 3. The van der Waals surface area contributed by atoms with E-state index in [9.17, 15) is 4.79 Å². The minimum Gasteiger partial charge on any atom is -0.457 e. The van der Waals surface area contributed by atoms with E-state index in [0.29, 0.717) is 17.2 Å². The number of pyridine rings is 1. The van der Waals surface area contributed by atoms with Gasteiger partial charge in [-0.05, 0) is 61.9 Å². The van der Waals surface area contributed by atoms with E-state index in [1.165, 1.54) is 0 Å². The SMILES string of the molecule is Cn1c(Nc2ccc(Br)cc2)nc2cc(Oc3ccnc(C(=O)N[C@H]4CC45CCNC5)c3)ccc21. The van der Waals surface area contributed by atoms with Crippen molar-refractivity contribution in [2.24, 2.45) is 12.5 Å². The van der Waals surface area contributed by atoms with Crippen LogP contribution < -0.4 is 20.7 Å². The smallest absolute Gasteiger partial charge is 0.270 e. The van der Waals surface area contributed by atoms with Crippen molar-refractivity contribution in [3.63, 3.8) is 0 Å². The van der Waals surface area contributed by atoms with Crippen molar-refractivity contribution >= 4 is 44.5 Å². The van der Waals surface area contributed by atoms with E-state index in [1.54, 1.807) is 18.3 Å². The zero-order valence-corrected chi connectivity index (χ0v) is 20.8. The topological polar surface area (TPSA) is 93.1 Å². The Balaban J connectivity index is 1.17. The molecule has 3 heterocycles. The standard InChI is InChI=1S/C26H25BrN6O2/c1-33-22-7-6-18(12-20(22)31-25(33)30-17-4-2-16(27)3-5-17)35-19-8-10-29-21(13-19)24(34)32-23-14-26(23)9-11-28-15-26/h2-8,10,12-13,23,28H,9,11,14-15H2,1H3,(H,30,31)(H,32,34)/t23-,26?/m0/s1. The van der Waals surface area contributed by atoms with Crippen molar-refractivity contribution in [3.8, 4) is 11.5 Å². The molecule has 1 unspecified atom stereocenters. The van der Waals surface area contributed by atoms with Crippen molar-refractivity contribution in [3.05, 3.63) is 71.0 Å². The highest BCUT2D eigenvalue weighted by molar-refractivity contribution is 9.10. The van der Waals surface area contributed by atoms with Crippen molar-refractivity contribution in [2.75, 3.05) is 18.4 Å². The number of imidazole rings is 1. The van der Waals surface area contributed by atoms with E-state index in [2.05, 4.69) is 36.9 Å². The molecule has 8 nitrogen and oxygen atoms in total. The summed E-state index contributed by atoms with van der Waals surface area (Å²) in [5.74, 6) is 1.77. The molecule has 1 aliphatic carbocycles. The number of nitrogens with one attached hydrogen (secondary N) is 3. The Morgan fingerprint density at radius 2 is 2.00 bits per heavy atom. The third kappa shape index (κ3) is 4.37. The van der Waals surface area contributed by atoms with Crippen LogP contribution in [0.3, 0.4) is 0 Å². The number of hydrogen-bond donors (Lipinski definition) is 3. The molecule has 9 heteroatoms. The Morgan fingerprint density at radius 3 is 2.80 bits per heavy atom. The summed E-state index contributed by atoms with van der Waals surface area (Å²) in [4.78, 5) is 21.7. The van der Waals surface area contributed by atoms with Gasteiger partial charge in [-0.3, -0.25) is 9.78 Å². The molecule has 1 saturated heterocycles. The number of amides is 1. The van der Waals surface area contributed by atoms with E-state index >= 15 is 0 Å². The maximum absolute atomic E-state index is 12.8. The van der Waals surface area contributed by atoms with Crippen molar-refractivity contribution < 1.29 is 9.53 Å². The van der Waals surface area contributed by atoms with Crippen LogP contribution in [0.5, 0.6) is 11.5 Å². The summed E-state index contributed by atoms with van der Waals surface area (Å²) in [6.07, 6.45) is 3.75. The molecule has 4 aromatic rings. The Hall–Kier alpha value is -3.43. The summed E-state index contributed by atoms with van der Waals surface area (Å²) in [7, 11) is 1.97. The lowest BCUT2D eigenvalue weighted by atomic mass is 10.1. The van der Waals surface area contributed by atoms with Gasteiger partial charge < -0.3 is 25.3 Å². The van der Waals surface area contributed by atoms with E-state index in [1.807, 2.05) is 54.1 Å². The van der Waals surface area contributed by atoms with E-state index in [4.69, 9.17) is 9.72 Å². The number of carbonyl (C=O) groups is 1. The number of aryl methyl sites for hydroxylation is 1. The minimum atomic E-state index is -0.159. The van der Waals surface area contributed by atoms with Gasteiger partial charge >= 0.3 is 0 Å².